The van der Waals surface area contributed by atoms with Crippen LogP contribution in [-0.2, 0) is 4.79 Å². The highest BCUT2D eigenvalue weighted by Crippen LogP contribution is 2.29. The van der Waals surface area contributed by atoms with Crippen LogP contribution < -0.4 is 20.3 Å². The van der Waals surface area contributed by atoms with Crippen LogP contribution in [0.25, 0.3) is 0 Å². The maximum Gasteiger partial charge on any atom is 0.319 e. The predicted molar refractivity (Wildman–Crippen MR) is 107 cm³/mol. The molecule has 1 saturated heterocycles. The van der Waals surface area contributed by atoms with Gasteiger partial charge in [-0.2, -0.15) is 0 Å². The quantitative estimate of drug-likeness (QED) is 0.774. The van der Waals surface area contributed by atoms with Crippen molar-refractivity contribution in [2.45, 2.75) is 19.4 Å². The van der Waals surface area contributed by atoms with Crippen molar-refractivity contribution in [3.63, 3.8) is 0 Å². The van der Waals surface area contributed by atoms with Gasteiger partial charge in [-0.25, -0.2) is 4.79 Å². The zero-order valence-corrected chi connectivity index (χ0v) is 16.2. The van der Waals surface area contributed by atoms with Crippen LogP contribution >= 0.6 is 23.2 Å². The molecule has 0 unspecified atom stereocenters. The molecule has 142 valence electrons. The third-order valence-corrected chi connectivity index (χ3v) is 4.94. The highest BCUT2D eigenvalue weighted by molar-refractivity contribution is 6.43. The summed E-state index contributed by atoms with van der Waals surface area (Å²) in [5.74, 6) is 0.700. The van der Waals surface area contributed by atoms with E-state index in [1.54, 1.807) is 23.1 Å². The second kappa shape index (κ2) is 8.50. The third-order valence-electron chi connectivity index (χ3n) is 4.12. The van der Waals surface area contributed by atoms with E-state index in [1.165, 1.54) is 0 Å². The van der Waals surface area contributed by atoms with E-state index in [4.69, 9.17) is 27.9 Å². The van der Waals surface area contributed by atoms with Crippen molar-refractivity contribution >= 4 is 46.5 Å². The van der Waals surface area contributed by atoms with Gasteiger partial charge in [0.15, 0.2) is 0 Å². The van der Waals surface area contributed by atoms with Crippen LogP contribution in [0.2, 0.25) is 10.0 Å². The number of halogens is 2. The molecule has 0 bridgehead atoms. The number of rotatable bonds is 5. The van der Waals surface area contributed by atoms with Crippen LogP contribution in [0.15, 0.2) is 42.5 Å². The van der Waals surface area contributed by atoms with E-state index in [-0.39, 0.29) is 23.4 Å². The summed E-state index contributed by atoms with van der Waals surface area (Å²) in [4.78, 5) is 26.2. The van der Waals surface area contributed by atoms with E-state index in [0.717, 1.165) is 11.4 Å². The zero-order chi connectivity index (χ0) is 19.4. The molecule has 1 aliphatic heterocycles. The number of nitrogens with zero attached hydrogens (tertiary/aromatic N) is 1. The van der Waals surface area contributed by atoms with Gasteiger partial charge in [0, 0.05) is 18.7 Å². The highest BCUT2D eigenvalue weighted by Gasteiger charge is 2.31. The van der Waals surface area contributed by atoms with Gasteiger partial charge in [0.25, 0.3) is 0 Å². The Morgan fingerprint density at radius 3 is 2.67 bits per heavy atom. The Kier molecular flexibility index (Phi) is 6.08. The molecule has 3 amide bonds. The van der Waals surface area contributed by atoms with Crippen molar-refractivity contribution < 1.29 is 14.3 Å². The van der Waals surface area contributed by atoms with Crippen LogP contribution in [0.3, 0.4) is 0 Å². The first-order chi connectivity index (χ1) is 13.0. The third kappa shape index (κ3) is 4.64. The summed E-state index contributed by atoms with van der Waals surface area (Å²) >= 11 is 12.0. The van der Waals surface area contributed by atoms with Gasteiger partial charge >= 0.3 is 6.03 Å². The van der Waals surface area contributed by atoms with Gasteiger partial charge in [-0.05, 0) is 43.3 Å². The van der Waals surface area contributed by atoms with Gasteiger partial charge in [-0.1, -0.05) is 29.3 Å². The van der Waals surface area contributed by atoms with Gasteiger partial charge in [0.05, 0.1) is 28.4 Å². The molecule has 27 heavy (non-hydrogen) atoms. The minimum absolute atomic E-state index is 0.0507. The Morgan fingerprint density at radius 1 is 1.22 bits per heavy atom. The van der Waals surface area contributed by atoms with Crippen molar-refractivity contribution in [1.82, 2.24) is 5.32 Å². The van der Waals surface area contributed by atoms with Crippen LogP contribution in [0.1, 0.15) is 13.3 Å². The molecule has 0 radical (unpaired) electrons. The number of anilines is 2. The lowest BCUT2D eigenvalue weighted by Gasteiger charge is -2.18. The van der Waals surface area contributed by atoms with Crippen LogP contribution in [0.4, 0.5) is 16.2 Å². The molecular weight excluding hydrogens is 389 g/mol. The fraction of sp³-hybridized carbons (Fsp3) is 0.263. The van der Waals surface area contributed by atoms with Crippen LogP contribution in [-0.4, -0.2) is 31.1 Å². The fourth-order valence-electron chi connectivity index (χ4n) is 2.89. The second-order valence-corrected chi connectivity index (χ2v) is 6.82. The molecule has 0 aromatic heterocycles. The van der Waals surface area contributed by atoms with E-state index < -0.39 is 6.03 Å². The lowest BCUT2D eigenvalue weighted by molar-refractivity contribution is -0.117. The maximum absolute atomic E-state index is 12.3. The summed E-state index contributed by atoms with van der Waals surface area (Å²) in [6.07, 6.45) is 0.226. The summed E-state index contributed by atoms with van der Waals surface area (Å²) in [5, 5.41) is 6.08. The molecule has 2 N–H and O–H groups in total. The Balaban J connectivity index is 1.60. The number of nitrogens with one attached hydrogen (secondary N) is 2. The van der Waals surface area contributed by atoms with Gasteiger partial charge in [-0.3, -0.25) is 4.79 Å². The SMILES string of the molecule is CCOc1ccc(N2C[C@@H](NC(=O)Nc3cccc(Cl)c3Cl)CC2=O)cc1. The lowest BCUT2D eigenvalue weighted by Crippen LogP contribution is -2.39. The van der Waals surface area contributed by atoms with Crippen molar-refractivity contribution in [3.05, 3.63) is 52.5 Å². The molecular formula is C19H19Cl2N3O3. The number of hydrogen-bond acceptors (Lipinski definition) is 3. The number of hydrogen-bond donors (Lipinski definition) is 2. The first kappa shape index (κ1) is 19.3. The standard InChI is InChI=1S/C19H19Cl2N3O3/c1-2-27-14-8-6-13(7-9-14)24-11-12(10-17(24)25)22-19(26)23-16-5-3-4-15(20)18(16)21/h3-9,12H,2,10-11H2,1H3,(H2,22,23,26)/t12-/m0/s1. The number of ether oxygens (including phenoxy) is 1. The Morgan fingerprint density at radius 2 is 1.96 bits per heavy atom. The molecule has 3 rings (SSSR count). The number of benzene rings is 2. The Hall–Kier alpha value is -2.44. The van der Waals surface area contributed by atoms with Crippen LogP contribution in [0, 0.1) is 0 Å². The summed E-state index contributed by atoms with van der Waals surface area (Å²) in [6, 6.07) is 11.5. The maximum atomic E-state index is 12.3. The summed E-state index contributed by atoms with van der Waals surface area (Å²) in [5.41, 5.74) is 1.18. The van der Waals surface area contributed by atoms with E-state index in [2.05, 4.69) is 10.6 Å². The molecule has 0 spiro atoms. The normalized spacial score (nSPS) is 16.3. The Bertz CT molecular complexity index is 843. The summed E-state index contributed by atoms with van der Waals surface area (Å²) in [7, 11) is 0. The lowest BCUT2D eigenvalue weighted by atomic mass is 10.2. The largest absolute Gasteiger partial charge is 0.494 e. The first-order valence-electron chi connectivity index (χ1n) is 8.52. The molecule has 6 nitrogen and oxygen atoms in total. The molecule has 1 fully saturated rings. The second-order valence-electron chi connectivity index (χ2n) is 6.03. The number of carbonyl (C=O) groups is 2. The summed E-state index contributed by atoms with van der Waals surface area (Å²) in [6.45, 7) is 2.89. The predicted octanol–water partition coefficient (Wildman–Crippen LogP) is 4.32. The van der Waals surface area contributed by atoms with E-state index in [0.29, 0.717) is 23.9 Å². The minimum Gasteiger partial charge on any atom is -0.494 e. The molecule has 1 atom stereocenters. The number of amides is 3. The number of urea groups is 1. The smallest absolute Gasteiger partial charge is 0.319 e. The molecule has 1 aliphatic rings. The first-order valence-corrected chi connectivity index (χ1v) is 9.28. The topological polar surface area (TPSA) is 70.7 Å². The van der Waals surface area contributed by atoms with Gasteiger partial charge < -0.3 is 20.3 Å². The highest BCUT2D eigenvalue weighted by atomic mass is 35.5. The van der Waals surface area contributed by atoms with Crippen molar-refractivity contribution in [1.29, 1.82) is 0 Å². The van der Waals surface area contributed by atoms with Gasteiger partial charge in [0.1, 0.15) is 5.75 Å². The fourth-order valence-corrected chi connectivity index (χ4v) is 3.23. The monoisotopic (exact) mass is 407 g/mol. The molecule has 0 saturated carbocycles. The van der Waals surface area contributed by atoms with Crippen molar-refractivity contribution in [2.75, 3.05) is 23.4 Å². The van der Waals surface area contributed by atoms with Crippen LogP contribution in [0.5, 0.6) is 5.75 Å². The van der Waals surface area contributed by atoms with Gasteiger partial charge in [-0.15, -0.1) is 0 Å². The molecule has 0 aliphatic carbocycles. The van der Waals surface area contributed by atoms with Crippen molar-refractivity contribution in [3.8, 4) is 5.75 Å². The van der Waals surface area contributed by atoms with Gasteiger partial charge in [0.2, 0.25) is 5.91 Å². The van der Waals surface area contributed by atoms with E-state index >= 15 is 0 Å². The van der Waals surface area contributed by atoms with E-state index in [1.807, 2.05) is 31.2 Å². The zero-order valence-electron chi connectivity index (χ0n) is 14.7. The Labute approximate surface area is 167 Å². The minimum atomic E-state index is -0.439. The molecule has 2 aromatic rings. The average molecular weight is 408 g/mol. The van der Waals surface area contributed by atoms with Crippen molar-refractivity contribution in [2.24, 2.45) is 0 Å². The molecule has 1 heterocycles. The van der Waals surface area contributed by atoms with E-state index in [9.17, 15) is 9.59 Å². The molecule has 8 heteroatoms. The molecule has 2 aromatic carbocycles. The summed E-state index contributed by atoms with van der Waals surface area (Å²) < 4.78 is 5.41. The average Bonchev–Trinajstić information content (AvgIpc) is 3.00. The number of carbonyl (C=O) groups excluding carboxylic acids is 2.